The molecule has 1 radical (unpaired) electrons. The van der Waals surface area contributed by atoms with Gasteiger partial charge in [-0.1, -0.05) is 0 Å². The van der Waals surface area contributed by atoms with Gasteiger partial charge >= 0.3 is 0 Å². The van der Waals surface area contributed by atoms with E-state index in [1.807, 2.05) is 41.6 Å². The quantitative estimate of drug-likeness (QED) is 0.633. The zero-order chi connectivity index (χ0) is 9.10. The van der Waals surface area contributed by atoms with E-state index >= 15 is 0 Å². The highest BCUT2D eigenvalue weighted by Crippen LogP contribution is 2.09. The lowest BCUT2D eigenvalue weighted by Crippen LogP contribution is -2.17. The van der Waals surface area contributed by atoms with Gasteiger partial charge in [-0.2, -0.15) is 0 Å². The number of nitrogens with zero attached hydrogens (tertiary/aromatic N) is 4. The predicted octanol–water partition coefficient (Wildman–Crippen LogP) is 0.971. The summed E-state index contributed by atoms with van der Waals surface area (Å²) in [6.07, 6.45) is 10.9. The standard InChI is InChI=1S/C9H9N4/c1-12-5-7-13(8-6-12)9-10-3-2-4-11-9/h3-8H,1H3. The van der Waals surface area contributed by atoms with Crippen LogP contribution in [-0.4, -0.2) is 21.9 Å². The Labute approximate surface area is 76.8 Å². The first-order valence-electron chi connectivity index (χ1n) is 3.91. The molecular weight excluding hydrogens is 164 g/mol. The van der Waals surface area contributed by atoms with E-state index in [-0.39, 0.29) is 0 Å². The van der Waals surface area contributed by atoms with Crippen LogP contribution in [0.2, 0.25) is 0 Å². The molecule has 0 saturated heterocycles. The van der Waals surface area contributed by atoms with Gasteiger partial charge in [0, 0.05) is 50.3 Å². The summed E-state index contributed by atoms with van der Waals surface area (Å²) in [5, 5.41) is 0. The van der Waals surface area contributed by atoms with E-state index in [2.05, 4.69) is 16.0 Å². The molecule has 4 nitrogen and oxygen atoms in total. The Morgan fingerprint density at radius 2 is 1.69 bits per heavy atom. The third kappa shape index (κ3) is 1.66. The Hall–Kier alpha value is -1.84. The van der Waals surface area contributed by atoms with Crippen LogP contribution >= 0.6 is 0 Å². The molecule has 0 aliphatic carbocycles. The van der Waals surface area contributed by atoms with E-state index in [4.69, 9.17) is 0 Å². The van der Waals surface area contributed by atoms with Gasteiger partial charge in [-0.3, -0.25) is 4.90 Å². The van der Waals surface area contributed by atoms with Crippen molar-refractivity contribution in [1.29, 1.82) is 0 Å². The molecule has 0 aromatic carbocycles. The summed E-state index contributed by atoms with van der Waals surface area (Å²) >= 11 is 0. The van der Waals surface area contributed by atoms with Crippen LogP contribution in [0.5, 0.6) is 0 Å². The summed E-state index contributed by atoms with van der Waals surface area (Å²) in [6.45, 7) is 0. The van der Waals surface area contributed by atoms with Crippen molar-refractivity contribution in [2.75, 3.05) is 11.9 Å². The van der Waals surface area contributed by atoms with E-state index < -0.39 is 0 Å². The van der Waals surface area contributed by atoms with E-state index in [0.717, 1.165) is 0 Å². The fourth-order valence-electron chi connectivity index (χ4n) is 0.977. The van der Waals surface area contributed by atoms with Gasteiger partial charge in [0.25, 0.3) is 0 Å². The number of hydrogen-bond acceptors (Lipinski definition) is 4. The summed E-state index contributed by atoms with van der Waals surface area (Å²) in [6, 6.07) is 2.77. The molecule has 4 heteroatoms. The number of hydrogen-bond donors (Lipinski definition) is 0. The average molecular weight is 173 g/mol. The highest BCUT2D eigenvalue weighted by Gasteiger charge is 2.04. The number of rotatable bonds is 1. The minimum atomic E-state index is 0.652. The third-order valence-electron chi connectivity index (χ3n) is 1.66. The molecule has 0 amide bonds. The van der Waals surface area contributed by atoms with Gasteiger partial charge in [0.15, 0.2) is 0 Å². The highest BCUT2D eigenvalue weighted by molar-refractivity contribution is 5.39. The zero-order valence-electron chi connectivity index (χ0n) is 7.25. The fourth-order valence-corrected chi connectivity index (χ4v) is 0.977. The predicted molar refractivity (Wildman–Crippen MR) is 49.4 cm³/mol. The largest absolute Gasteiger partial charge is 0.354 e. The van der Waals surface area contributed by atoms with E-state index in [9.17, 15) is 0 Å². The monoisotopic (exact) mass is 173 g/mol. The van der Waals surface area contributed by atoms with Crippen LogP contribution in [0.3, 0.4) is 0 Å². The first-order chi connectivity index (χ1) is 6.36. The Kier molecular flexibility index (Phi) is 1.96. The van der Waals surface area contributed by atoms with Crippen LogP contribution in [0, 0.1) is 6.07 Å². The molecule has 0 fully saturated rings. The van der Waals surface area contributed by atoms with Gasteiger partial charge in [0.2, 0.25) is 5.95 Å². The van der Waals surface area contributed by atoms with E-state index in [0.29, 0.717) is 5.95 Å². The maximum atomic E-state index is 4.07. The smallest absolute Gasteiger partial charge is 0.233 e. The number of aromatic nitrogens is 2. The molecule has 2 rings (SSSR count). The minimum Gasteiger partial charge on any atom is -0.354 e. The van der Waals surface area contributed by atoms with Crippen molar-refractivity contribution in [2.24, 2.45) is 0 Å². The summed E-state index contributed by atoms with van der Waals surface area (Å²) in [5.41, 5.74) is 0. The zero-order valence-corrected chi connectivity index (χ0v) is 7.25. The summed E-state index contributed by atoms with van der Waals surface area (Å²) in [7, 11) is 1.96. The molecule has 2 heterocycles. The van der Waals surface area contributed by atoms with Gasteiger partial charge in [-0.25, -0.2) is 9.97 Å². The maximum absolute atomic E-state index is 4.07. The molecule has 0 N–H and O–H groups in total. The minimum absolute atomic E-state index is 0.652. The third-order valence-corrected chi connectivity index (χ3v) is 1.66. The fraction of sp³-hybridized carbons (Fsp3) is 0.111. The average Bonchev–Trinajstić information content (AvgIpc) is 2.20. The van der Waals surface area contributed by atoms with Crippen LogP contribution in [0.4, 0.5) is 5.95 Å². The van der Waals surface area contributed by atoms with Crippen molar-refractivity contribution in [2.45, 2.75) is 0 Å². The topological polar surface area (TPSA) is 32.3 Å². The second kappa shape index (κ2) is 3.26. The van der Waals surface area contributed by atoms with Gasteiger partial charge in [0.1, 0.15) is 0 Å². The Morgan fingerprint density at radius 3 is 2.31 bits per heavy atom. The van der Waals surface area contributed by atoms with E-state index in [1.165, 1.54) is 0 Å². The van der Waals surface area contributed by atoms with Crippen LogP contribution in [0.1, 0.15) is 0 Å². The molecule has 1 aromatic heterocycles. The lowest BCUT2D eigenvalue weighted by Gasteiger charge is -2.19. The summed E-state index contributed by atoms with van der Waals surface area (Å²) in [4.78, 5) is 11.9. The lowest BCUT2D eigenvalue weighted by atomic mass is 10.5. The molecular formula is C9H9N4. The molecule has 1 aliphatic heterocycles. The van der Waals surface area contributed by atoms with Crippen molar-refractivity contribution < 1.29 is 0 Å². The molecule has 65 valence electrons. The van der Waals surface area contributed by atoms with Crippen LogP contribution in [0.25, 0.3) is 0 Å². The first-order valence-corrected chi connectivity index (χ1v) is 3.91. The lowest BCUT2D eigenvalue weighted by molar-refractivity contribution is 0.611. The molecule has 1 aromatic rings. The molecule has 0 unspecified atom stereocenters. The van der Waals surface area contributed by atoms with Gasteiger partial charge in [-0.15, -0.1) is 0 Å². The van der Waals surface area contributed by atoms with Crippen molar-refractivity contribution in [1.82, 2.24) is 14.9 Å². The van der Waals surface area contributed by atoms with Crippen LogP contribution in [0.15, 0.2) is 37.2 Å². The maximum Gasteiger partial charge on any atom is 0.233 e. The molecule has 13 heavy (non-hydrogen) atoms. The molecule has 0 atom stereocenters. The normalized spacial score (nSPS) is 15.2. The summed E-state index contributed by atoms with van der Waals surface area (Å²) in [5.74, 6) is 0.652. The number of anilines is 1. The SMILES string of the molecule is CN1C=CN(c2nc[c]cn2)C=C1. The molecule has 0 spiro atoms. The van der Waals surface area contributed by atoms with Gasteiger partial charge in [-0.05, 0) is 0 Å². The second-order valence-corrected chi connectivity index (χ2v) is 2.65. The second-order valence-electron chi connectivity index (χ2n) is 2.65. The van der Waals surface area contributed by atoms with Gasteiger partial charge in [0.05, 0.1) is 0 Å². The van der Waals surface area contributed by atoms with Gasteiger partial charge < -0.3 is 4.90 Å². The van der Waals surface area contributed by atoms with Crippen molar-refractivity contribution in [3.8, 4) is 0 Å². The summed E-state index contributed by atoms with van der Waals surface area (Å²) < 4.78 is 0. The van der Waals surface area contributed by atoms with Crippen molar-refractivity contribution in [3.63, 3.8) is 0 Å². The van der Waals surface area contributed by atoms with Crippen LogP contribution in [-0.2, 0) is 0 Å². The Balaban J connectivity index is 2.20. The highest BCUT2D eigenvalue weighted by atomic mass is 15.3. The van der Waals surface area contributed by atoms with Crippen molar-refractivity contribution in [3.05, 3.63) is 43.3 Å². The molecule has 1 aliphatic rings. The van der Waals surface area contributed by atoms with Crippen molar-refractivity contribution >= 4 is 5.95 Å². The molecule has 0 saturated carbocycles. The molecule has 0 bridgehead atoms. The Bertz CT molecular complexity index is 317. The Morgan fingerprint density at radius 1 is 1.08 bits per heavy atom. The van der Waals surface area contributed by atoms with E-state index in [1.54, 1.807) is 12.4 Å². The van der Waals surface area contributed by atoms with Crippen LogP contribution < -0.4 is 4.90 Å². The first kappa shape index (κ1) is 7.79.